The predicted molar refractivity (Wildman–Crippen MR) is 108 cm³/mol. The minimum Gasteiger partial charge on any atom is -0.481 e. The Bertz CT molecular complexity index is 796. The van der Waals surface area contributed by atoms with E-state index in [2.05, 4.69) is 15.3 Å². The van der Waals surface area contributed by atoms with Crippen LogP contribution in [0.5, 0.6) is 11.9 Å². The molecule has 1 heterocycles. The number of nitrogens with zero attached hydrogens (tertiary/aromatic N) is 2. The molecule has 0 aliphatic carbocycles. The lowest BCUT2D eigenvalue weighted by Crippen LogP contribution is -2.38. The summed E-state index contributed by atoms with van der Waals surface area (Å²) in [5.41, 5.74) is 1.70. The number of benzene rings is 1. The van der Waals surface area contributed by atoms with Crippen molar-refractivity contribution in [3.05, 3.63) is 47.2 Å². The highest BCUT2D eigenvalue weighted by molar-refractivity contribution is 5.68. The molecule has 2 aromatic rings. The number of amides is 1. The van der Waals surface area contributed by atoms with Crippen molar-refractivity contribution in [1.29, 1.82) is 0 Å². The molecule has 8 nitrogen and oxygen atoms in total. The van der Waals surface area contributed by atoms with E-state index in [9.17, 15) is 9.90 Å². The van der Waals surface area contributed by atoms with E-state index < -0.39 is 23.7 Å². The molecule has 2 N–H and O–H groups in total. The quantitative estimate of drug-likeness (QED) is 0.732. The minimum absolute atomic E-state index is 0.109. The van der Waals surface area contributed by atoms with Crippen LogP contribution in [0.4, 0.5) is 4.79 Å². The van der Waals surface area contributed by atoms with Gasteiger partial charge < -0.3 is 24.6 Å². The van der Waals surface area contributed by atoms with Gasteiger partial charge in [-0.25, -0.2) is 4.79 Å². The van der Waals surface area contributed by atoms with Crippen molar-refractivity contribution in [2.75, 3.05) is 20.8 Å². The Balaban J connectivity index is 2.47. The highest BCUT2D eigenvalue weighted by Crippen LogP contribution is 2.32. The number of rotatable bonds is 7. The molecular formula is C21H29N3O5. The van der Waals surface area contributed by atoms with E-state index in [0.717, 1.165) is 11.1 Å². The number of aliphatic hydroxyl groups is 1. The lowest BCUT2D eigenvalue weighted by atomic mass is 9.90. The summed E-state index contributed by atoms with van der Waals surface area (Å²) >= 11 is 0. The number of aryl methyl sites for hydroxylation is 1. The normalized spacial score (nSPS) is 13.3. The number of alkyl carbamates (subject to hydrolysis) is 1. The molecule has 0 radical (unpaired) electrons. The second kappa shape index (κ2) is 9.56. The third-order valence-corrected chi connectivity index (χ3v) is 4.18. The Hall–Kier alpha value is -2.87. The first-order valence-corrected chi connectivity index (χ1v) is 9.30. The maximum atomic E-state index is 12.5. The van der Waals surface area contributed by atoms with Gasteiger partial charge in [0.2, 0.25) is 5.88 Å². The number of hydrogen-bond donors (Lipinski definition) is 2. The van der Waals surface area contributed by atoms with Crippen molar-refractivity contribution in [3.63, 3.8) is 0 Å². The number of methoxy groups -OCH3 is 2. The van der Waals surface area contributed by atoms with Gasteiger partial charge in [0.1, 0.15) is 5.60 Å². The van der Waals surface area contributed by atoms with Crippen LogP contribution in [0.25, 0.3) is 0 Å². The Morgan fingerprint density at radius 3 is 2.31 bits per heavy atom. The molecule has 0 saturated carbocycles. The Labute approximate surface area is 171 Å². The third-order valence-electron chi connectivity index (χ3n) is 4.18. The van der Waals surface area contributed by atoms with Gasteiger partial charge in [0.25, 0.3) is 0 Å². The van der Waals surface area contributed by atoms with Gasteiger partial charge >= 0.3 is 12.1 Å². The first-order valence-electron chi connectivity index (χ1n) is 9.30. The van der Waals surface area contributed by atoms with E-state index in [-0.39, 0.29) is 12.6 Å². The molecule has 1 amide bonds. The van der Waals surface area contributed by atoms with Crippen LogP contribution in [0, 0.1) is 6.92 Å². The second-order valence-electron chi connectivity index (χ2n) is 7.65. The highest BCUT2D eigenvalue weighted by Gasteiger charge is 2.30. The Morgan fingerprint density at radius 2 is 1.79 bits per heavy atom. The number of aromatic nitrogens is 2. The predicted octanol–water partition coefficient (Wildman–Crippen LogP) is 3.14. The zero-order valence-electron chi connectivity index (χ0n) is 17.7. The van der Waals surface area contributed by atoms with E-state index in [0.29, 0.717) is 11.6 Å². The van der Waals surface area contributed by atoms with E-state index in [1.165, 1.54) is 14.2 Å². The molecule has 0 fully saturated rings. The van der Waals surface area contributed by atoms with Crippen LogP contribution in [0.1, 0.15) is 49.6 Å². The molecule has 0 aliphatic heterocycles. The smallest absolute Gasteiger partial charge is 0.408 e. The van der Waals surface area contributed by atoms with Gasteiger partial charge in [-0.2, -0.15) is 9.97 Å². The Kier molecular flexibility index (Phi) is 7.39. The lowest BCUT2D eigenvalue weighted by Gasteiger charge is -2.29. The third kappa shape index (κ3) is 6.32. The number of hydrogen-bond acceptors (Lipinski definition) is 7. The number of carbonyl (C=O) groups is 1. The summed E-state index contributed by atoms with van der Waals surface area (Å²) < 4.78 is 15.8. The first-order chi connectivity index (χ1) is 13.7. The van der Waals surface area contributed by atoms with Crippen molar-refractivity contribution in [2.45, 2.75) is 45.3 Å². The van der Waals surface area contributed by atoms with Crippen LogP contribution in [0.15, 0.2) is 30.3 Å². The van der Waals surface area contributed by atoms with Gasteiger partial charge in [0, 0.05) is 12.0 Å². The topological polar surface area (TPSA) is 103 Å². The maximum Gasteiger partial charge on any atom is 0.408 e. The van der Waals surface area contributed by atoms with Crippen LogP contribution in [-0.4, -0.2) is 47.6 Å². The van der Waals surface area contributed by atoms with Crippen LogP contribution >= 0.6 is 0 Å². The van der Waals surface area contributed by atoms with E-state index in [1.54, 1.807) is 26.8 Å². The van der Waals surface area contributed by atoms with Crippen molar-refractivity contribution in [1.82, 2.24) is 15.3 Å². The molecular weight excluding hydrogens is 374 g/mol. The minimum atomic E-state index is -0.655. The molecule has 1 aromatic heterocycles. The summed E-state index contributed by atoms with van der Waals surface area (Å²) in [4.78, 5) is 21.0. The van der Waals surface area contributed by atoms with Crippen LogP contribution < -0.4 is 14.8 Å². The molecule has 0 saturated heterocycles. The van der Waals surface area contributed by atoms with Crippen molar-refractivity contribution in [2.24, 2.45) is 0 Å². The van der Waals surface area contributed by atoms with Gasteiger partial charge in [-0.1, -0.05) is 29.8 Å². The van der Waals surface area contributed by atoms with Crippen LogP contribution in [-0.2, 0) is 4.74 Å². The summed E-state index contributed by atoms with van der Waals surface area (Å²) in [6.45, 7) is 7.06. The molecule has 8 heteroatoms. The molecule has 2 unspecified atom stereocenters. The van der Waals surface area contributed by atoms with E-state index in [1.807, 2.05) is 31.2 Å². The number of aliphatic hydroxyl groups excluding tert-OH is 1. The van der Waals surface area contributed by atoms with Crippen LogP contribution in [0.3, 0.4) is 0 Å². The highest BCUT2D eigenvalue weighted by atomic mass is 16.6. The zero-order valence-corrected chi connectivity index (χ0v) is 17.7. The summed E-state index contributed by atoms with van der Waals surface area (Å²) in [5.74, 6) is -0.291. The van der Waals surface area contributed by atoms with Gasteiger partial charge in [-0.3, -0.25) is 0 Å². The number of carbonyl (C=O) groups excluding carboxylic acids is 1. The SMILES string of the molecule is COc1cc(C(CO)C(NC(=O)OC(C)(C)C)c2ccc(C)cc2)nc(OC)n1. The number of nitrogens with one attached hydrogen (secondary N) is 1. The monoisotopic (exact) mass is 403 g/mol. The average Bonchev–Trinajstić information content (AvgIpc) is 2.66. The van der Waals surface area contributed by atoms with E-state index >= 15 is 0 Å². The standard InChI is InChI=1S/C21H29N3O5/c1-13-7-9-14(10-8-13)18(24-20(26)29-21(2,3)4)15(12-25)16-11-17(27-5)23-19(22-16)28-6/h7-11,15,18,25H,12H2,1-6H3,(H,24,26). The van der Waals surface area contributed by atoms with Gasteiger partial charge in [0.15, 0.2) is 0 Å². The number of ether oxygens (including phenoxy) is 3. The fourth-order valence-electron chi connectivity index (χ4n) is 2.80. The molecule has 0 bridgehead atoms. The van der Waals surface area contributed by atoms with Crippen molar-refractivity contribution >= 4 is 6.09 Å². The van der Waals surface area contributed by atoms with Crippen molar-refractivity contribution < 1.29 is 24.1 Å². The average molecular weight is 403 g/mol. The molecule has 1 aromatic carbocycles. The molecule has 158 valence electrons. The first kappa shape index (κ1) is 22.4. The zero-order chi connectivity index (χ0) is 21.6. The fourth-order valence-corrected chi connectivity index (χ4v) is 2.80. The molecule has 29 heavy (non-hydrogen) atoms. The second-order valence-corrected chi connectivity index (χ2v) is 7.65. The summed E-state index contributed by atoms with van der Waals surface area (Å²) in [7, 11) is 2.93. The van der Waals surface area contributed by atoms with E-state index in [4.69, 9.17) is 14.2 Å². The molecule has 0 aliphatic rings. The van der Waals surface area contributed by atoms with Crippen molar-refractivity contribution in [3.8, 4) is 11.9 Å². The maximum absolute atomic E-state index is 12.5. The van der Waals surface area contributed by atoms with Gasteiger partial charge in [-0.15, -0.1) is 0 Å². The lowest BCUT2D eigenvalue weighted by molar-refractivity contribution is 0.0487. The van der Waals surface area contributed by atoms with Gasteiger partial charge in [0.05, 0.1) is 32.6 Å². The molecule has 2 rings (SSSR count). The Morgan fingerprint density at radius 1 is 1.14 bits per heavy atom. The fraction of sp³-hybridized carbons (Fsp3) is 0.476. The van der Waals surface area contributed by atoms with Gasteiger partial charge in [-0.05, 0) is 33.3 Å². The summed E-state index contributed by atoms with van der Waals surface area (Å²) in [6, 6.07) is 8.80. The summed E-state index contributed by atoms with van der Waals surface area (Å²) in [5, 5.41) is 13.1. The molecule has 0 spiro atoms. The van der Waals surface area contributed by atoms with Crippen LogP contribution in [0.2, 0.25) is 0 Å². The largest absolute Gasteiger partial charge is 0.481 e. The summed E-state index contributed by atoms with van der Waals surface area (Å²) in [6.07, 6.45) is -0.588. The molecule has 2 atom stereocenters.